The molecule has 222 valence electrons. The molecule has 0 heterocycles. The smallest absolute Gasteiger partial charge is 0.332 e. The van der Waals surface area contributed by atoms with Crippen molar-refractivity contribution in [2.45, 2.75) is 62.3 Å². The zero-order valence-corrected chi connectivity index (χ0v) is 24.4. The maximum atomic E-state index is 11.0. The van der Waals surface area contributed by atoms with Gasteiger partial charge < -0.3 is 15.3 Å². The number of Topliss-reactive ketones (excluding diaryl/α,β-unsaturated/α-hetero) is 9. The second kappa shape index (κ2) is 16.2. The van der Waals surface area contributed by atoms with Gasteiger partial charge in [0.15, 0.2) is 52.0 Å². The average Bonchev–Trinajstić information content (AvgIpc) is 2.66. The van der Waals surface area contributed by atoms with Gasteiger partial charge in [0, 0.05) is 17.4 Å². The van der Waals surface area contributed by atoms with Gasteiger partial charge in [-0.05, 0) is 62.3 Å². The molecule has 3 N–H and O–H groups in total. The van der Waals surface area contributed by atoms with Crippen molar-refractivity contribution < 1.29 is 90.2 Å². The SMILES string of the molecule is CC(=O)C(C(C)=O)(C(C)=O)C(=O)O.CC(=O)C(C(C)=O)(C(C)=O)C(=O)O.CC(=O)C(C(C)=O)(C(C)=O)C(=O)O.[Cr]. The van der Waals surface area contributed by atoms with E-state index in [1.54, 1.807) is 0 Å². The summed E-state index contributed by atoms with van der Waals surface area (Å²) in [5, 5.41) is 26.0. The molecule has 0 unspecified atom stereocenters. The zero-order valence-electron chi connectivity index (χ0n) is 23.1. The summed E-state index contributed by atoms with van der Waals surface area (Å²) >= 11 is 0. The molecule has 0 aliphatic rings. The molecule has 0 aromatic rings. The summed E-state index contributed by atoms with van der Waals surface area (Å²) in [6, 6.07) is 0. The van der Waals surface area contributed by atoms with Crippen LogP contribution in [0.2, 0.25) is 0 Å². The Morgan fingerprint density at radius 1 is 0.300 bits per heavy atom. The molecule has 0 radical (unpaired) electrons. The molecular formula is C24H30CrO15. The monoisotopic (exact) mass is 610 g/mol. The summed E-state index contributed by atoms with van der Waals surface area (Å²) in [6.07, 6.45) is 0. The second-order valence-corrected chi connectivity index (χ2v) is 8.17. The van der Waals surface area contributed by atoms with Gasteiger partial charge in [-0.2, -0.15) is 0 Å². The quantitative estimate of drug-likeness (QED) is 0.234. The number of hydrogen-bond donors (Lipinski definition) is 3. The molecule has 0 aromatic heterocycles. The summed E-state index contributed by atoms with van der Waals surface area (Å²) in [5.41, 5.74) is -7.50. The Morgan fingerprint density at radius 2 is 0.375 bits per heavy atom. The van der Waals surface area contributed by atoms with Crippen LogP contribution in [0, 0.1) is 16.2 Å². The number of rotatable bonds is 12. The molecule has 0 rings (SSSR count). The Hall–Kier alpha value is -4.03. The van der Waals surface area contributed by atoms with Gasteiger partial charge in [-0.1, -0.05) is 0 Å². The molecule has 0 amide bonds. The molecule has 0 atom stereocenters. The van der Waals surface area contributed by atoms with Crippen LogP contribution in [-0.4, -0.2) is 85.3 Å². The van der Waals surface area contributed by atoms with Crippen LogP contribution in [0.4, 0.5) is 0 Å². The van der Waals surface area contributed by atoms with Gasteiger partial charge in [0.05, 0.1) is 0 Å². The van der Waals surface area contributed by atoms with Gasteiger partial charge in [-0.25, -0.2) is 0 Å². The molecule has 0 aromatic carbocycles. The van der Waals surface area contributed by atoms with Crippen molar-refractivity contribution in [3.8, 4) is 0 Å². The normalized spacial score (nSPS) is 10.4. The number of carboxylic acids is 3. The number of aliphatic carboxylic acids is 3. The van der Waals surface area contributed by atoms with Crippen molar-refractivity contribution >= 4 is 70.0 Å². The van der Waals surface area contributed by atoms with Gasteiger partial charge in [0.25, 0.3) is 0 Å². The average molecular weight is 610 g/mol. The maximum absolute atomic E-state index is 11.0. The van der Waals surface area contributed by atoms with Crippen molar-refractivity contribution in [1.82, 2.24) is 0 Å². The molecule has 0 aliphatic carbocycles. The van der Waals surface area contributed by atoms with Crippen LogP contribution in [0.1, 0.15) is 62.3 Å². The van der Waals surface area contributed by atoms with Crippen LogP contribution < -0.4 is 0 Å². The van der Waals surface area contributed by atoms with E-state index in [1.807, 2.05) is 0 Å². The molecular weight excluding hydrogens is 580 g/mol. The minimum Gasteiger partial charge on any atom is -0.480 e. The van der Waals surface area contributed by atoms with Crippen LogP contribution in [0.3, 0.4) is 0 Å². The summed E-state index contributed by atoms with van der Waals surface area (Å²) in [6.45, 7) is 8.22. The molecule has 0 aliphatic heterocycles. The summed E-state index contributed by atoms with van der Waals surface area (Å²) in [5.74, 6) is -13.8. The van der Waals surface area contributed by atoms with Gasteiger partial charge in [-0.3, -0.25) is 57.5 Å². The van der Waals surface area contributed by atoms with E-state index in [1.165, 1.54) is 0 Å². The summed E-state index contributed by atoms with van der Waals surface area (Å²) in [4.78, 5) is 131. The van der Waals surface area contributed by atoms with E-state index in [2.05, 4.69) is 0 Å². The standard InChI is InChI=1S/3C8H10O5.Cr/c3*1-4(9)8(5(2)10,6(3)11)7(12)13;/h3*1-3H3,(H,12,13);. The van der Waals surface area contributed by atoms with Gasteiger partial charge in [0.1, 0.15) is 0 Å². The van der Waals surface area contributed by atoms with Crippen molar-refractivity contribution in [3.05, 3.63) is 0 Å². The first-order valence-electron chi connectivity index (χ1n) is 10.6. The largest absolute Gasteiger partial charge is 0.480 e. The predicted molar refractivity (Wildman–Crippen MR) is 126 cm³/mol. The zero-order chi connectivity index (χ0) is 32.4. The van der Waals surface area contributed by atoms with Crippen molar-refractivity contribution in [2.24, 2.45) is 16.2 Å². The predicted octanol–water partition coefficient (Wildman–Crippen LogP) is -0.529. The number of carbonyl (C=O) groups is 12. The van der Waals surface area contributed by atoms with E-state index in [9.17, 15) is 57.5 Å². The molecule has 0 saturated carbocycles. The molecule has 16 heteroatoms. The molecule has 0 bridgehead atoms. The Morgan fingerprint density at radius 3 is 0.375 bits per heavy atom. The molecule has 15 nitrogen and oxygen atoms in total. The first kappa shape index (κ1) is 43.0. The van der Waals surface area contributed by atoms with Crippen molar-refractivity contribution in [2.75, 3.05) is 0 Å². The molecule has 0 saturated heterocycles. The second-order valence-electron chi connectivity index (χ2n) is 8.17. The Kier molecular flexibility index (Phi) is 17.4. The van der Waals surface area contributed by atoms with E-state index in [0.29, 0.717) is 0 Å². The number of ketones is 9. The van der Waals surface area contributed by atoms with Crippen LogP contribution in [0.5, 0.6) is 0 Å². The van der Waals surface area contributed by atoms with Gasteiger partial charge in [-0.15, -0.1) is 0 Å². The van der Waals surface area contributed by atoms with Crippen LogP contribution >= 0.6 is 0 Å². The van der Waals surface area contributed by atoms with Crippen LogP contribution in [-0.2, 0) is 74.9 Å². The topological polar surface area (TPSA) is 266 Å². The van der Waals surface area contributed by atoms with E-state index in [-0.39, 0.29) is 17.4 Å². The van der Waals surface area contributed by atoms with Gasteiger partial charge in [0.2, 0.25) is 16.2 Å². The van der Waals surface area contributed by atoms with Crippen molar-refractivity contribution in [1.29, 1.82) is 0 Å². The first-order valence-corrected chi connectivity index (χ1v) is 10.6. The number of hydrogen-bond acceptors (Lipinski definition) is 12. The number of carbonyl (C=O) groups excluding carboxylic acids is 9. The minimum absolute atomic E-state index is 0. The molecule has 40 heavy (non-hydrogen) atoms. The van der Waals surface area contributed by atoms with Crippen LogP contribution in [0.15, 0.2) is 0 Å². The Balaban J connectivity index is -0.000000240. The summed E-state index contributed by atoms with van der Waals surface area (Å²) < 4.78 is 0. The number of carboxylic acid groups (broad SMARTS) is 3. The third-order valence-corrected chi connectivity index (χ3v) is 5.72. The Bertz CT molecular complexity index is 832. The van der Waals surface area contributed by atoms with E-state index >= 15 is 0 Å². The molecule has 0 spiro atoms. The fourth-order valence-corrected chi connectivity index (χ4v) is 3.59. The van der Waals surface area contributed by atoms with E-state index in [4.69, 9.17) is 15.3 Å². The van der Waals surface area contributed by atoms with Crippen molar-refractivity contribution in [3.63, 3.8) is 0 Å². The summed E-state index contributed by atoms with van der Waals surface area (Å²) in [7, 11) is 0. The van der Waals surface area contributed by atoms with E-state index < -0.39 is 86.2 Å². The fraction of sp³-hybridized carbons (Fsp3) is 0.500. The third kappa shape index (κ3) is 7.99. The fourth-order valence-electron chi connectivity index (χ4n) is 3.59. The van der Waals surface area contributed by atoms with E-state index in [0.717, 1.165) is 62.3 Å². The minimum atomic E-state index is -2.50. The first-order chi connectivity index (χ1) is 17.3. The molecule has 0 fully saturated rings. The third-order valence-electron chi connectivity index (χ3n) is 5.72. The Labute approximate surface area is 238 Å². The maximum Gasteiger partial charge on any atom is 0.332 e. The van der Waals surface area contributed by atoms with Gasteiger partial charge >= 0.3 is 17.9 Å². The van der Waals surface area contributed by atoms with Crippen LogP contribution in [0.25, 0.3) is 0 Å².